The van der Waals surface area contributed by atoms with E-state index in [0.717, 1.165) is 60.9 Å². The van der Waals surface area contributed by atoms with Crippen molar-refractivity contribution in [2.24, 2.45) is 11.8 Å². The topological polar surface area (TPSA) is 121 Å². The lowest BCUT2D eigenvalue weighted by Crippen LogP contribution is -2.53. The van der Waals surface area contributed by atoms with Gasteiger partial charge in [-0.1, -0.05) is 0 Å². The van der Waals surface area contributed by atoms with Crippen LogP contribution in [0.5, 0.6) is 11.5 Å². The maximum Gasteiger partial charge on any atom is 0.410 e. The molecule has 2 heterocycles. The van der Waals surface area contributed by atoms with Gasteiger partial charge in [0.15, 0.2) is 5.11 Å². The van der Waals surface area contributed by atoms with Gasteiger partial charge in [-0.2, -0.15) is 0 Å². The molecule has 13 heteroatoms. The zero-order valence-electron chi connectivity index (χ0n) is 30.1. The fraction of sp³-hybridized carbons (Fsp3) is 0.622. The maximum absolute atomic E-state index is 13.7. The van der Waals surface area contributed by atoms with Crippen molar-refractivity contribution in [2.45, 2.75) is 109 Å². The highest BCUT2D eigenvalue weighted by Gasteiger charge is 2.41. The van der Waals surface area contributed by atoms with E-state index in [0.29, 0.717) is 59.1 Å². The van der Waals surface area contributed by atoms with Crippen LogP contribution in [0.1, 0.15) is 92.6 Å². The highest BCUT2D eigenvalue weighted by atomic mass is 32.1. The van der Waals surface area contributed by atoms with Crippen molar-refractivity contribution in [3.63, 3.8) is 0 Å². The summed E-state index contributed by atoms with van der Waals surface area (Å²) in [6, 6.07) is 5.49. The van der Waals surface area contributed by atoms with Crippen LogP contribution in [-0.4, -0.2) is 83.9 Å². The number of nitrogens with zero attached hydrogens (tertiary/aromatic N) is 2. The second kappa shape index (κ2) is 15.0. The summed E-state index contributed by atoms with van der Waals surface area (Å²) in [4.78, 5) is 44.8. The molecular formula is C37H51N5O6S2. The van der Waals surface area contributed by atoms with Gasteiger partial charge in [-0.3, -0.25) is 9.59 Å². The molecule has 2 unspecified atom stereocenters. The monoisotopic (exact) mass is 725 g/mol. The Kier molecular flexibility index (Phi) is 10.8. The normalized spacial score (nSPS) is 21.6. The number of nitrogens with one attached hydrogen (secondary N) is 3. The standard InChI is InChI=1S/C37H51N5O6S2/c1-21-28(15-16-41(21)36(45)48-37(2,3)4)42(20-24-11-13-26(46-5)18-29(24)47-6)35(49)39-25-12-14-30-27(17-25)31(33(44)38-19-22-7-8-22)34(50-30)40-32(43)23-9-10-23/h11,13,18,21-23,25,28H,7-10,12,14-17,19-20H2,1-6H3,(H,38,44)(H,39,49)(H,40,43)/t21?,25-,28?/m0/s1. The van der Waals surface area contributed by atoms with E-state index in [1.54, 1.807) is 19.1 Å². The molecule has 3 fully saturated rings. The Balaban J connectivity index is 1.23. The van der Waals surface area contributed by atoms with Crippen LogP contribution in [0.15, 0.2) is 18.2 Å². The number of fused-ring (bicyclic) bond motifs is 1. The molecule has 2 saturated carbocycles. The van der Waals surface area contributed by atoms with Gasteiger partial charge < -0.3 is 40.0 Å². The summed E-state index contributed by atoms with van der Waals surface area (Å²) in [6.07, 6.45) is 6.70. The molecule has 272 valence electrons. The minimum atomic E-state index is -0.600. The number of anilines is 1. The van der Waals surface area contributed by atoms with Crippen molar-refractivity contribution < 1.29 is 28.6 Å². The van der Waals surface area contributed by atoms with E-state index >= 15 is 0 Å². The number of thiophene rings is 1. The van der Waals surface area contributed by atoms with Crippen LogP contribution in [0.2, 0.25) is 0 Å². The van der Waals surface area contributed by atoms with Crippen molar-refractivity contribution in [1.82, 2.24) is 20.4 Å². The van der Waals surface area contributed by atoms with E-state index in [1.165, 1.54) is 11.3 Å². The second-order valence-electron chi connectivity index (χ2n) is 15.1. The number of likely N-dealkylation sites (tertiary alicyclic amines) is 1. The highest BCUT2D eigenvalue weighted by Crippen LogP contribution is 2.40. The largest absolute Gasteiger partial charge is 0.497 e. The number of thiocarbonyl (C=S) groups is 1. The lowest BCUT2D eigenvalue weighted by atomic mass is 9.91. The van der Waals surface area contributed by atoms with Crippen LogP contribution < -0.4 is 25.4 Å². The average molecular weight is 726 g/mol. The fourth-order valence-electron chi connectivity index (χ4n) is 6.92. The molecule has 6 rings (SSSR count). The van der Waals surface area contributed by atoms with Crippen LogP contribution in [0.4, 0.5) is 9.80 Å². The van der Waals surface area contributed by atoms with Crippen molar-refractivity contribution in [1.29, 1.82) is 0 Å². The van der Waals surface area contributed by atoms with Gasteiger partial charge in [0.1, 0.15) is 22.1 Å². The number of amides is 3. The molecule has 50 heavy (non-hydrogen) atoms. The maximum atomic E-state index is 13.7. The van der Waals surface area contributed by atoms with E-state index < -0.39 is 5.60 Å². The first-order valence-corrected chi connectivity index (χ1v) is 19.1. The third-order valence-corrected chi connectivity index (χ3v) is 11.6. The number of ether oxygens (including phenoxy) is 3. The van der Waals surface area contributed by atoms with Gasteiger partial charge in [-0.15, -0.1) is 11.3 Å². The fourth-order valence-corrected chi connectivity index (χ4v) is 8.53. The molecule has 1 saturated heterocycles. The smallest absolute Gasteiger partial charge is 0.410 e. The van der Waals surface area contributed by atoms with Crippen LogP contribution in [-0.2, 0) is 28.9 Å². The molecule has 4 aliphatic rings. The first-order valence-electron chi connectivity index (χ1n) is 17.9. The van der Waals surface area contributed by atoms with E-state index in [9.17, 15) is 14.4 Å². The summed E-state index contributed by atoms with van der Waals surface area (Å²) in [6.45, 7) is 9.34. The Bertz CT molecular complexity index is 1610. The molecule has 1 aromatic carbocycles. The number of rotatable bonds is 11. The molecule has 3 aliphatic carbocycles. The summed E-state index contributed by atoms with van der Waals surface area (Å²) in [5, 5.41) is 11.2. The minimum absolute atomic E-state index is 0.00593. The van der Waals surface area contributed by atoms with Gasteiger partial charge in [0, 0.05) is 48.1 Å². The van der Waals surface area contributed by atoms with Gasteiger partial charge in [-0.25, -0.2) is 4.79 Å². The van der Waals surface area contributed by atoms with Gasteiger partial charge in [0.25, 0.3) is 5.91 Å². The molecule has 2 aromatic rings. The van der Waals surface area contributed by atoms with Crippen molar-refractivity contribution in [3.05, 3.63) is 39.8 Å². The number of carbonyl (C=O) groups excluding carboxylic acids is 3. The number of methoxy groups -OCH3 is 2. The van der Waals surface area contributed by atoms with Gasteiger partial charge >= 0.3 is 6.09 Å². The zero-order chi connectivity index (χ0) is 35.7. The molecule has 3 atom stereocenters. The molecule has 0 bridgehead atoms. The van der Waals surface area contributed by atoms with Gasteiger partial charge in [-0.05, 0) is 115 Å². The molecule has 1 aromatic heterocycles. The number of hydrogen-bond donors (Lipinski definition) is 3. The van der Waals surface area contributed by atoms with Crippen molar-refractivity contribution >= 4 is 51.6 Å². The molecule has 3 amide bonds. The van der Waals surface area contributed by atoms with Crippen molar-refractivity contribution in [3.8, 4) is 11.5 Å². The van der Waals surface area contributed by atoms with Gasteiger partial charge in [0.05, 0.1) is 31.9 Å². The Hall–Kier alpha value is -3.58. The number of carbonyl (C=O) groups is 3. The lowest BCUT2D eigenvalue weighted by molar-refractivity contribution is -0.117. The van der Waals surface area contributed by atoms with Crippen LogP contribution in [0.25, 0.3) is 0 Å². The predicted octanol–water partition coefficient (Wildman–Crippen LogP) is 5.89. The van der Waals surface area contributed by atoms with Crippen LogP contribution in [0, 0.1) is 11.8 Å². The first kappa shape index (κ1) is 36.2. The van der Waals surface area contributed by atoms with E-state index in [1.807, 2.05) is 45.9 Å². The zero-order valence-corrected chi connectivity index (χ0v) is 31.7. The molecule has 1 aliphatic heterocycles. The average Bonchev–Trinajstić information content (AvgIpc) is 4.01. The van der Waals surface area contributed by atoms with Crippen molar-refractivity contribution in [2.75, 3.05) is 32.6 Å². The first-order chi connectivity index (χ1) is 23.8. The Morgan fingerprint density at radius 1 is 1.06 bits per heavy atom. The Labute approximate surface area is 304 Å². The molecule has 0 radical (unpaired) electrons. The molecule has 11 nitrogen and oxygen atoms in total. The number of hydrogen-bond acceptors (Lipinski definition) is 8. The summed E-state index contributed by atoms with van der Waals surface area (Å²) in [5.74, 6) is 1.87. The summed E-state index contributed by atoms with van der Waals surface area (Å²) in [7, 11) is 3.27. The lowest BCUT2D eigenvalue weighted by Gasteiger charge is -2.38. The molecular weight excluding hydrogens is 675 g/mol. The summed E-state index contributed by atoms with van der Waals surface area (Å²) < 4.78 is 17.0. The quantitative estimate of drug-likeness (QED) is 0.244. The number of benzene rings is 1. The number of aryl methyl sites for hydroxylation is 1. The Morgan fingerprint density at radius 2 is 1.82 bits per heavy atom. The summed E-state index contributed by atoms with van der Waals surface area (Å²) in [5.41, 5.74) is 1.94. The van der Waals surface area contributed by atoms with E-state index in [-0.39, 0.29) is 42.0 Å². The predicted molar refractivity (Wildman–Crippen MR) is 198 cm³/mol. The van der Waals surface area contributed by atoms with E-state index in [2.05, 4.69) is 20.9 Å². The third kappa shape index (κ3) is 8.47. The molecule has 3 N–H and O–H groups in total. The summed E-state index contributed by atoms with van der Waals surface area (Å²) >= 11 is 7.74. The third-order valence-electron chi connectivity index (χ3n) is 10.1. The second-order valence-corrected chi connectivity index (χ2v) is 16.6. The van der Waals surface area contributed by atoms with Crippen LogP contribution >= 0.6 is 23.6 Å². The van der Waals surface area contributed by atoms with E-state index in [4.69, 9.17) is 26.4 Å². The highest BCUT2D eigenvalue weighted by molar-refractivity contribution is 7.80. The molecule has 0 spiro atoms. The SMILES string of the molecule is COc1ccc(CN(C(=S)N[C@H]2CCc3sc(NC(=O)C4CC4)c(C(=O)NCC4CC4)c3C2)C2CCN(C(=O)OC(C)(C)C)C2C)c(OC)c1. The minimum Gasteiger partial charge on any atom is -0.497 e. The Morgan fingerprint density at radius 3 is 2.48 bits per heavy atom. The van der Waals surface area contributed by atoms with Gasteiger partial charge in [0.2, 0.25) is 5.91 Å². The van der Waals surface area contributed by atoms with Crippen LogP contribution in [0.3, 0.4) is 0 Å².